The van der Waals surface area contributed by atoms with Crippen molar-refractivity contribution in [1.82, 2.24) is 5.32 Å². The third-order valence-electron chi connectivity index (χ3n) is 4.76. The van der Waals surface area contributed by atoms with E-state index in [4.69, 9.17) is 5.11 Å². The number of para-hydroxylation sites is 1. The second-order valence-electron chi connectivity index (χ2n) is 6.63. The molecule has 0 aromatic heterocycles. The SMILES string of the molecule is O=C(O)/C=C/CNCCCN1C2=CC([N+](=O)[O-])=CCC2=CCc2ccccc21. The highest BCUT2D eigenvalue weighted by Gasteiger charge is 2.26. The van der Waals surface area contributed by atoms with Crippen molar-refractivity contribution in [2.75, 3.05) is 24.5 Å². The molecule has 0 atom stereocenters. The summed E-state index contributed by atoms with van der Waals surface area (Å²) in [4.78, 5) is 23.6. The molecule has 3 rings (SSSR count). The van der Waals surface area contributed by atoms with E-state index in [2.05, 4.69) is 28.4 Å². The van der Waals surface area contributed by atoms with Crippen LogP contribution in [0.5, 0.6) is 0 Å². The number of nitrogens with zero attached hydrogens (tertiary/aromatic N) is 2. The Hall–Kier alpha value is -3.19. The van der Waals surface area contributed by atoms with Crippen LogP contribution in [0.25, 0.3) is 0 Å². The van der Waals surface area contributed by atoms with Crippen LogP contribution in [0.4, 0.5) is 5.69 Å². The van der Waals surface area contributed by atoms with Crippen LogP contribution in [-0.2, 0) is 11.2 Å². The van der Waals surface area contributed by atoms with Crippen LogP contribution in [0.2, 0.25) is 0 Å². The molecule has 7 heteroatoms. The number of aliphatic carboxylic acids is 1. The molecule has 146 valence electrons. The first-order valence-corrected chi connectivity index (χ1v) is 9.27. The van der Waals surface area contributed by atoms with Crippen LogP contribution in [0.1, 0.15) is 18.4 Å². The monoisotopic (exact) mass is 381 g/mol. The van der Waals surface area contributed by atoms with Crippen LogP contribution in [0.3, 0.4) is 0 Å². The molecule has 1 aliphatic heterocycles. The molecule has 2 aliphatic rings. The number of nitrogens with one attached hydrogen (secondary N) is 1. The lowest BCUT2D eigenvalue weighted by atomic mass is 10.0. The van der Waals surface area contributed by atoms with E-state index in [0.717, 1.165) is 35.9 Å². The molecule has 0 unspecified atom stereocenters. The van der Waals surface area contributed by atoms with Gasteiger partial charge in [0.15, 0.2) is 0 Å². The molecule has 1 heterocycles. The lowest BCUT2D eigenvalue weighted by Crippen LogP contribution is -2.29. The molecule has 0 amide bonds. The number of carboxylic acid groups (broad SMARTS) is 1. The Morgan fingerprint density at radius 1 is 1.29 bits per heavy atom. The van der Waals surface area contributed by atoms with Gasteiger partial charge in [0, 0.05) is 30.9 Å². The quantitative estimate of drug-likeness (QED) is 0.311. The van der Waals surface area contributed by atoms with Gasteiger partial charge in [0.2, 0.25) is 0 Å². The van der Waals surface area contributed by atoms with E-state index in [-0.39, 0.29) is 10.6 Å². The molecule has 0 radical (unpaired) electrons. The molecular formula is C21H23N3O4. The summed E-state index contributed by atoms with van der Waals surface area (Å²) in [5.74, 6) is -0.957. The van der Waals surface area contributed by atoms with E-state index in [0.29, 0.717) is 26.1 Å². The molecule has 0 fully saturated rings. The first-order valence-electron chi connectivity index (χ1n) is 9.27. The predicted octanol–water partition coefficient (Wildman–Crippen LogP) is 3.04. The minimum absolute atomic E-state index is 0.133. The minimum Gasteiger partial charge on any atom is -0.478 e. The van der Waals surface area contributed by atoms with E-state index in [9.17, 15) is 14.9 Å². The highest BCUT2D eigenvalue weighted by Crippen LogP contribution is 2.36. The molecule has 1 aliphatic carbocycles. The van der Waals surface area contributed by atoms with E-state index in [1.54, 1.807) is 18.2 Å². The zero-order chi connectivity index (χ0) is 19.9. The molecule has 1 aromatic rings. The standard InChI is InChI=1S/C21H23N3O4/c25-21(26)7-3-12-22-13-4-14-23-19-6-2-1-5-16(19)8-9-17-10-11-18(24(27)28)15-20(17)23/h1-3,5-7,9,11,15,22H,4,8,10,12-14H2,(H,25,26)/b7-3+. The second-order valence-corrected chi connectivity index (χ2v) is 6.63. The molecule has 7 nitrogen and oxygen atoms in total. The molecule has 0 saturated carbocycles. The first kappa shape index (κ1) is 19.6. The number of benzene rings is 1. The third kappa shape index (κ3) is 4.75. The number of hydrogen-bond donors (Lipinski definition) is 2. The fraction of sp³-hybridized carbons (Fsp3) is 0.286. The Bertz CT molecular complexity index is 883. The Morgan fingerprint density at radius 3 is 2.89 bits per heavy atom. The Balaban J connectivity index is 1.75. The van der Waals surface area contributed by atoms with Gasteiger partial charge in [-0.05, 0) is 49.1 Å². The molecule has 2 N–H and O–H groups in total. The van der Waals surface area contributed by atoms with Gasteiger partial charge in [-0.15, -0.1) is 0 Å². The van der Waals surface area contributed by atoms with E-state index >= 15 is 0 Å². The van der Waals surface area contributed by atoms with Crippen LogP contribution in [-0.4, -0.2) is 35.6 Å². The maximum Gasteiger partial charge on any atom is 0.328 e. The van der Waals surface area contributed by atoms with Gasteiger partial charge in [0.1, 0.15) is 0 Å². The summed E-state index contributed by atoms with van der Waals surface area (Å²) in [5, 5.41) is 23.1. The molecule has 1 aromatic carbocycles. The Labute approximate surface area is 163 Å². The van der Waals surface area contributed by atoms with E-state index < -0.39 is 5.97 Å². The van der Waals surface area contributed by atoms with Gasteiger partial charge >= 0.3 is 5.97 Å². The zero-order valence-corrected chi connectivity index (χ0v) is 15.5. The van der Waals surface area contributed by atoms with Crippen molar-refractivity contribution in [3.05, 3.63) is 87.3 Å². The third-order valence-corrected chi connectivity index (χ3v) is 4.76. The molecule has 0 spiro atoms. The van der Waals surface area contributed by atoms with Crippen molar-refractivity contribution in [3.63, 3.8) is 0 Å². The second kappa shape index (κ2) is 9.14. The number of nitro groups is 1. The number of anilines is 1. The largest absolute Gasteiger partial charge is 0.478 e. The summed E-state index contributed by atoms with van der Waals surface area (Å²) in [6, 6.07) is 8.14. The van der Waals surface area contributed by atoms with Crippen LogP contribution < -0.4 is 10.2 Å². The predicted molar refractivity (Wildman–Crippen MR) is 108 cm³/mol. The molecule has 28 heavy (non-hydrogen) atoms. The number of hydrogen-bond acceptors (Lipinski definition) is 5. The van der Waals surface area contributed by atoms with E-state index in [1.807, 2.05) is 12.1 Å². The Morgan fingerprint density at radius 2 is 2.11 bits per heavy atom. The minimum atomic E-state index is -0.957. The van der Waals surface area contributed by atoms with Gasteiger partial charge in [0.25, 0.3) is 5.70 Å². The van der Waals surface area contributed by atoms with Crippen molar-refractivity contribution >= 4 is 11.7 Å². The summed E-state index contributed by atoms with van der Waals surface area (Å²) in [5.41, 5.74) is 4.42. The summed E-state index contributed by atoms with van der Waals surface area (Å²) in [7, 11) is 0. The fourth-order valence-corrected chi connectivity index (χ4v) is 3.44. The van der Waals surface area contributed by atoms with Crippen molar-refractivity contribution in [2.45, 2.75) is 19.3 Å². The highest BCUT2D eigenvalue weighted by molar-refractivity contribution is 5.79. The molecule has 0 saturated heterocycles. The number of allylic oxidation sites excluding steroid dienone is 4. The number of fused-ring (bicyclic) bond motifs is 2. The average molecular weight is 381 g/mol. The zero-order valence-electron chi connectivity index (χ0n) is 15.5. The lowest BCUT2D eigenvalue weighted by Gasteiger charge is -2.30. The smallest absolute Gasteiger partial charge is 0.328 e. The van der Waals surface area contributed by atoms with Gasteiger partial charge in [-0.2, -0.15) is 0 Å². The van der Waals surface area contributed by atoms with Crippen molar-refractivity contribution in [2.24, 2.45) is 0 Å². The molecular weight excluding hydrogens is 358 g/mol. The van der Waals surface area contributed by atoms with Gasteiger partial charge < -0.3 is 15.3 Å². The summed E-state index contributed by atoms with van der Waals surface area (Å²) >= 11 is 0. The van der Waals surface area contributed by atoms with Crippen molar-refractivity contribution in [1.29, 1.82) is 0 Å². The van der Waals surface area contributed by atoms with Crippen molar-refractivity contribution in [3.8, 4) is 0 Å². The summed E-state index contributed by atoms with van der Waals surface area (Å²) in [6.07, 6.45) is 10.4. The normalized spacial score (nSPS) is 15.9. The van der Waals surface area contributed by atoms with Gasteiger partial charge in [-0.1, -0.05) is 30.4 Å². The highest BCUT2D eigenvalue weighted by atomic mass is 16.6. The van der Waals surface area contributed by atoms with Gasteiger partial charge in [0.05, 0.1) is 10.6 Å². The maximum atomic E-state index is 11.3. The summed E-state index contributed by atoms with van der Waals surface area (Å²) < 4.78 is 0. The van der Waals surface area contributed by atoms with Gasteiger partial charge in [-0.3, -0.25) is 10.1 Å². The summed E-state index contributed by atoms with van der Waals surface area (Å²) in [6.45, 7) is 1.92. The van der Waals surface area contributed by atoms with Gasteiger partial charge in [-0.25, -0.2) is 4.79 Å². The average Bonchev–Trinajstić information content (AvgIpc) is 2.83. The topological polar surface area (TPSA) is 95.7 Å². The Kier molecular flexibility index (Phi) is 6.39. The van der Waals surface area contributed by atoms with Crippen LogP contribution in [0.15, 0.2) is 71.6 Å². The molecule has 0 bridgehead atoms. The van der Waals surface area contributed by atoms with E-state index in [1.165, 1.54) is 5.56 Å². The fourth-order valence-electron chi connectivity index (χ4n) is 3.44. The number of carboxylic acids is 1. The van der Waals surface area contributed by atoms with Crippen LogP contribution >= 0.6 is 0 Å². The number of rotatable bonds is 8. The van der Waals surface area contributed by atoms with Crippen molar-refractivity contribution < 1.29 is 14.8 Å². The maximum absolute atomic E-state index is 11.3. The van der Waals surface area contributed by atoms with Crippen LogP contribution in [0, 0.1) is 10.1 Å². The lowest BCUT2D eigenvalue weighted by molar-refractivity contribution is -0.419. The number of carbonyl (C=O) groups is 1. The first-order chi connectivity index (χ1) is 13.6.